The zero-order valence-electron chi connectivity index (χ0n) is 22.2. The smallest absolute Gasteiger partial charge is 0.449 e. The van der Waals surface area contributed by atoms with Crippen LogP contribution in [0.15, 0.2) is 78.3 Å². The predicted octanol–water partition coefficient (Wildman–Crippen LogP) is 6.11. The van der Waals surface area contributed by atoms with Gasteiger partial charge < -0.3 is 19.4 Å². The number of carbonyl (C=O) groups is 1. The molecule has 1 heterocycles. The van der Waals surface area contributed by atoms with E-state index in [-0.39, 0.29) is 19.1 Å². The highest BCUT2D eigenvalue weighted by molar-refractivity contribution is 6.56. The van der Waals surface area contributed by atoms with Gasteiger partial charge in [-0.25, -0.2) is 4.79 Å². The molecule has 0 unspecified atom stereocenters. The maximum atomic E-state index is 12.9. The van der Waals surface area contributed by atoms with Crippen molar-refractivity contribution in [2.45, 2.75) is 44.8 Å². The maximum Gasteiger partial charge on any atom is 0.492 e. The van der Waals surface area contributed by atoms with Gasteiger partial charge in [0.1, 0.15) is 6.61 Å². The third kappa shape index (κ3) is 4.98. The number of benzene rings is 3. The Morgan fingerprint density at radius 2 is 1.58 bits per heavy atom. The number of carbonyl (C=O) groups excluding carboxylic acids is 1. The molecule has 1 saturated heterocycles. The molecule has 1 aliphatic heterocycles. The average Bonchev–Trinajstić information content (AvgIpc) is 3.34. The first-order chi connectivity index (χ1) is 18.2. The lowest BCUT2D eigenvalue weighted by atomic mass is 9.77. The molecular formula is C31H31BN2O4. The van der Waals surface area contributed by atoms with E-state index in [1.807, 2.05) is 70.2 Å². The van der Waals surface area contributed by atoms with Gasteiger partial charge in [0.2, 0.25) is 0 Å². The highest BCUT2D eigenvalue weighted by atomic mass is 16.7. The third-order valence-electron chi connectivity index (χ3n) is 7.70. The van der Waals surface area contributed by atoms with E-state index in [9.17, 15) is 10.1 Å². The number of hydrogen-bond acceptors (Lipinski definition) is 5. The van der Waals surface area contributed by atoms with E-state index in [0.29, 0.717) is 5.56 Å². The Morgan fingerprint density at radius 1 is 0.974 bits per heavy atom. The largest absolute Gasteiger partial charge is 0.492 e. The normalized spacial score (nSPS) is 17.4. The van der Waals surface area contributed by atoms with Crippen molar-refractivity contribution in [3.05, 3.63) is 101 Å². The van der Waals surface area contributed by atoms with Crippen LogP contribution in [-0.4, -0.2) is 37.6 Å². The zero-order valence-corrected chi connectivity index (χ0v) is 22.2. The summed E-state index contributed by atoms with van der Waals surface area (Å²) in [6.45, 7) is 8.35. The summed E-state index contributed by atoms with van der Waals surface area (Å²) >= 11 is 0. The van der Waals surface area contributed by atoms with Crippen molar-refractivity contribution in [1.29, 1.82) is 5.26 Å². The number of fused-ring (bicyclic) bond motifs is 3. The molecule has 7 heteroatoms. The molecule has 0 radical (unpaired) electrons. The number of nitrogens with zero attached hydrogens (tertiary/aromatic N) is 1. The molecule has 0 aromatic heterocycles. The molecule has 0 saturated carbocycles. The van der Waals surface area contributed by atoms with Crippen LogP contribution in [0.2, 0.25) is 0 Å². The van der Waals surface area contributed by atoms with Crippen molar-refractivity contribution in [3.63, 3.8) is 0 Å². The van der Waals surface area contributed by atoms with Gasteiger partial charge >= 0.3 is 13.2 Å². The Morgan fingerprint density at radius 3 is 2.18 bits per heavy atom. The van der Waals surface area contributed by atoms with Gasteiger partial charge in [0.25, 0.3) is 0 Å². The minimum absolute atomic E-state index is 0.0139. The Kier molecular flexibility index (Phi) is 6.87. The van der Waals surface area contributed by atoms with Crippen LogP contribution in [0, 0.1) is 11.3 Å². The van der Waals surface area contributed by atoms with Crippen LogP contribution in [0.3, 0.4) is 0 Å². The van der Waals surface area contributed by atoms with Crippen LogP contribution in [0.1, 0.15) is 55.9 Å². The van der Waals surface area contributed by atoms with Crippen molar-refractivity contribution >= 4 is 19.3 Å². The first-order valence-corrected chi connectivity index (χ1v) is 12.8. The summed E-state index contributed by atoms with van der Waals surface area (Å²) < 4.78 is 18.2. The molecule has 2 aliphatic rings. The van der Waals surface area contributed by atoms with E-state index in [4.69, 9.17) is 14.0 Å². The Hall–Kier alpha value is -3.86. The molecule has 6 nitrogen and oxygen atoms in total. The first-order valence-electron chi connectivity index (χ1n) is 12.8. The number of nitrogens with one attached hydrogen (secondary N) is 1. The molecule has 0 atom stereocenters. The molecule has 5 rings (SSSR count). The van der Waals surface area contributed by atoms with Crippen LogP contribution in [0.4, 0.5) is 4.79 Å². The second kappa shape index (κ2) is 10.1. The quantitative estimate of drug-likeness (QED) is 0.408. The van der Waals surface area contributed by atoms with Gasteiger partial charge in [0.05, 0.1) is 22.8 Å². The van der Waals surface area contributed by atoms with Crippen LogP contribution in [0.5, 0.6) is 0 Å². The van der Waals surface area contributed by atoms with Gasteiger partial charge in [-0.2, -0.15) is 5.26 Å². The average molecular weight is 506 g/mol. The SMILES string of the molecule is CC1(C)OB(C(=Cc2cccc(C#N)c2)CNC(=O)OCC2c3ccccc3-c3ccccc32)OC1(C)C. The van der Waals surface area contributed by atoms with Crippen LogP contribution in [-0.2, 0) is 14.0 Å². The van der Waals surface area contributed by atoms with Crippen LogP contribution in [0.25, 0.3) is 17.2 Å². The zero-order chi connectivity index (χ0) is 26.9. The number of rotatable bonds is 6. The van der Waals surface area contributed by atoms with Crippen molar-refractivity contribution in [2.75, 3.05) is 13.2 Å². The Bertz CT molecular complexity index is 1380. The van der Waals surface area contributed by atoms with Gasteiger partial charge in [-0.3, -0.25) is 0 Å². The second-order valence-electron chi connectivity index (χ2n) is 10.7. The number of amides is 1. The molecule has 1 amide bonds. The fourth-order valence-electron chi connectivity index (χ4n) is 4.93. The maximum absolute atomic E-state index is 12.9. The van der Waals surface area contributed by atoms with E-state index >= 15 is 0 Å². The van der Waals surface area contributed by atoms with Crippen molar-refractivity contribution in [3.8, 4) is 17.2 Å². The Labute approximate surface area is 224 Å². The summed E-state index contributed by atoms with van der Waals surface area (Å²) in [5.41, 5.74) is 5.73. The Balaban J connectivity index is 1.30. The molecule has 0 bridgehead atoms. The first kappa shape index (κ1) is 25.8. The molecular weight excluding hydrogens is 475 g/mol. The summed E-state index contributed by atoms with van der Waals surface area (Å²) in [5.74, 6) is -0.0139. The fraction of sp³-hybridized carbons (Fsp3) is 0.290. The minimum atomic E-state index is -0.653. The molecule has 3 aromatic rings. The number of alkyl carbamates (subject to hydrolysis) is 1. The van der Waals surface area contributed by atoms with E-state index in [1.54, 1.807) is 12.1 Å². The van der Waals surface area contributed by atoms with Crippen molar-refractivity contribution in [2.24, 2.45) is 0 Å². The highest BCUT2D eigenvalue weighted by Gasteiger charge is 2.52. The lowest BCUT2D eigenvalue weighted by molar-refractivity contribution is 0.00578. The van der Waals surface area contributed by atoms with Crippen molar-refractivity contribution < 1.29 is 18.8 Å². The van der Waals surface area contributed by atoms with Gasteiger partial charge in [0.15, 0.2) is 0 Å². The van der Waals surface area contributed by atoms with E-state index < -0.39 is 24.4 Å². The van der Waals surface area contributed by atoms with E-state index in [1.165, 1.54) is 11.1 Å². The fourth-order valence-corrected chi connectivity index (χ4v) is 4.93. The van der Waals surface area contributed by atoms with Gasteiger partial charge in [-0.1, -0.05) is 66.7 Å². The summed E-state index contributed by atoms with van der Waals surface area (Å²) in [4.78, 5) is 12.9. The number of nitriles is 1. The number of hydrogen-bond donors (Lipinski definition) is 1. The highest BCUT2D eigenvalue weighted by Crippen LogP contribution is 2.44. The van der Waals surface area contributed by atoms with Gasteiger partial charge in [0, 0.05) is 12.5 Å². The molecule has 192 valence electrons. The monoisotopic (exact) mass is 506 g/mol. The molecule has 38 heavy (non-hydrogen) atoms. The predicted molar refractivity (Wildman–Crippen MR) is 148 cm³/mol. The lowest BCUT2D eigenvalue weighted by Gasteiger charge is -2.32. The third-order valence-corrected chi connectivity index (χ3v) is 7.70. The van der Waals surface area contributed by atoms with Gasteiger partial charge in [-0.15, -0.1) is 0 Å². The standard InChI is InChI=1S/C31H31BN2O4/c1-30(2)31(3,4)38-32(37-30)23(17-21-10-9-11-22(16-21)18-33)19-34-29(35)36-20-28-26-14-7-5-12-24(26)25-13-6-8-15-27(25)28/h5-17,28H,19-20H2,1-4H3,(H,34,35). The molecule has 1 N–H and O–H groups in total. The molecule has 0 spiro atoms. The summed E-state index contributed by atoms with van der Waals surface area (Å²) in [7, 11) is -0.653. The van der Waals surface area contributed by atoms with Crippen LogP contribution < -0.4 is 5.32 Å². The second-order valence-corrected chi connectivity index (χ2v) is 10.7. The van der Waals surface area contributed by atoms with E-state index in [2.05, 4.69) is 35.7 Å². The van der Waals surface area contributed by atoms with Crippen molar-refractivity contribution in [1.82, 2.24) is 5.32 Å². The summed E-state index contributed by atoms with van der Waals surface area (Å²) in [6, 6.07) is 25.9. The van der Waals surface area contributed by atoms with Gasteiger partial charge in [-0.05, 0) is 73.1 Å². The number of ether oxygens (including phenoxy) is 1. The molecule has 3 aromatic carbocycles. The van der Waals surface area contributed by atoms with E-state index in [0.717, 1.165) is 22.2 Å². The summed E-state index contributed by atoms with van der Waals surface area (Å²) in [6.07, 6.45) is 1.38. The topological polar surface area (TPSA) is 80.6 Å². The minimum Gasteiger partial charge on any atom is -0.449 e. The molecule has 1 fully saturated rings. The lowest BCUT2D eigenvalue weighted by Crippen LogP contribution is -2.41. The molecule has 1 aliphatic carbocycles. The summed E-state index contributed by atoms with van der Waals surface area (Å²) in [5, 5.41) is 12.2. The van der Waals surface area contributed by atoms with Crippen LogP contribution >= 0.6 is 0 Å².